The van der Waals surface area contributed by atoms with Crippen LogP contribution in [-0.4, -0.2) is 18.4 Å². The Morgan fingerprint density at radius 1 is 1.10 bits per heavy atom. The van der Waals surface area contributed by atoms with E-state index in [1.807, 2.05) is 32.9 Å². The van der Waals surface area contributed by atoms with E-state index in [-0.39, 0.29) is 16.3 Å². The standard InChI is InChI=1S/C15H19N3O2S/c1-11-6-7-12(15(2,3)4)10-13(11)21(19,20)18-14-16-8-5-9-17-14/h5-10H,1-4H3,(H,16,17,18). The second-order valence-electron chi connectivity index (χ2n) is 5.91. The van der Waals surface area contributed by atoms with Crippen molar-refractivity contribution in [1.29, 1.82) is 0 Å². The monoisotopic (exact) mass is 305 g/mol. The van der Waals surface area contributed by atoms with Crippen molar-refractivity contribution in [2.45, 2.75) is 38.0 Å². The molecule has 1 aromatic heterocycles. The predicted molar refractivity (Wildman–Crippen MR) is 82.7 cm³/mol. The van der Waals surface area contributed by atoms with Crippen molar-refractivity contribution < 1.29 is 8.42 Å². The summed E-state index contributed by atoms with van der Waals surface area (Å²) in [6.45, 7) is 7.90. The Labute approximate surface area is 125 Å². The first-order chi connectivity index (χ1) is 9.70. The summed E-state index contributed by atoms with van der Waals surface area (Å²) < 4.78 is 27.4. The zero-order valence-corrected chi connectivity index (χ0v) is 13.4. The highest BCUT2D eigenvalue weighted by Gasteiger charge is 2.22. The third-order valence-electron chi connectivity index (χ3n) is 3.14. The Kier molecular flexibility index (Phi) is 4.00. The molecule has 0 fully saturated rings. The normalized spacial score (nSPS) is 12.2. The number of nitrogens with zero attached hydrogens (tertiary/aromatic N) is 2. The van der Waals surface area contributed by atoms with Crippen molar-refractivity contribution in [3.63, 3.8) is 0 Å². The van der Waals surface area contributed by atoms with E-state index in [0.717, 1.165) is 5.56 Å². The van der Waals surface area contributed by atoms with Crippen LogP contribution in [0.3, 0.4) is 0 Å². The second kappa shape index (κ2) is 5.44. The van der Waals surface area contributed by atoms with Crippen LogP contribution in [0.25, 0.3) is 0 Å². The quantitative estimate of drug-likeness (QED) is 0.946. The molecular formula is C15H19N3O2S. The fourth-order valence-corrected chi connectivity index (χ4v) is 3.11. The molecule has 0 atom stereocenters. The molecule has 0 bridgehead atoms. The van der Waals surface area contributed by atoms with Crippen LogP contribution in [0.2, 0.25) is 0 Å². The van der Waals surface area contributed by atoms with Crippen molar-refractivity contribution in [2.24, 2.45) is 0 Å². The average molecular weight is 305 g/mol. The predicted octanol–water partition coefficient (Wildman–Crippen LogP) is 2.88. The zero-order chi connectivity index (χ0) is 15.7. The summed E-state index contributed by atoms with van der Waals surface area (Å²) in [6, 6.07) is 7.11. The van der Waals surface area contributed by atoms with E-state index in [1.165, 1.54) is 12.4 Å². The topological polar surface area (TPSA) is 72.0 Å². The SMILES string of the molecule is Cc1ccc(C(C)(C)C)cc1S(=O)(=O)Nc1ncccn1. The van der Waals surface area contributed by atoms with Crippen LogP contribution >= 0.6 is 0 Å². The Morgan fingerprint density at radius 3 is 2.29 bits per heavy atom. The number of anilines is 1. The van der Waals surface area contributed by atoms with Gasteiger partial charge in [0.05, 0.1) is 4.90 Å². The van der Waals surface area contributed by atoms with Gasteiger partial charge >= 0.3 is 0 Å². The summed E-state index contributed by atoms with van der Waals surface area (Å²) in [5.41, 5.74) is 1.52. The number of benzene rings is 1. The number of aromatic nitrogens is 2. The van der Waals surface area contributed by atoms with Crippen LogP contribution in [-0.2, 0) is 15.4 Å². The summed E-state index contributed by atoms with van der Waals surface area (Å²) in [6.07, 6.45) is 2.98. The van der Waals surface area contributed by atoms with Gasteiger partial charge in [0.25, 0.3) is 10.0 Å². The highest BCUT2D eigenvalue weighted by Crippen LogP contribution is 2.27. The number of aryl methyl sites for hydroxylation is 1. The molecule has 1 N–H and O–H groups in total. The number of rotatable bonds is 3. The molecule has 0 unspecified atom stereocenters. The van der Waals surface area contributed by atoms with Gasteiger partial charge < -0.3 is 0 Å². The van der Waals surface area contributed by atoms with Gasteiger partial charge in [0.1, 0.15) is 0 Å². The highest BCUT2D eigenvalue weighted by atomic mass is 32.2. The first-order valence-electron chi connectivity index (χ1n) is 6.61. The summed E-state index contributed by atoms with van der Waals surface area (Å²) in [5.74, 6) is 0.0676. The molecule has 0 radical (unpaired) electrons. The van der Waals surface area contributed by atoms with Gasteiger partial charge in [-0.1, -0.05) is 32.9 Å². The molecular weight excluding hydrogens is 286 g/mol. The lowest BCUT2D eigenvalue weighted by Gasteiger charge is -2.20. The van der Waals surface area contributed by atoms with Gasteiger partial charge in [0, 0.05) is 12.4 Å². The molecule has 6 heteroatoms. The summed E-state index contributed by atoms with van der Waals surface area (Å²) >= 11 is 0. The molecule has 112 valence electrons. The van der Waals surface area contributed by atoms with Crippen LogP contribution < -0.4 is 4.72 Å². The molecule has 0 amide bonds. The molecule has 0 saturated heterocycles. The minimum Gasteiger partial charge on any atom is -0.247 e. The second-order valence-corrected chi connectivity index (χ2v) is 7.56. The maximum atomic E-state index is 12.5. The van der Waals surface area contributed by atoms with E-state index in [9.17, 15) is 8.42 Å². The number of hydrogen-bond donors (Lipinski definition) is 1. The van der Waals surface area contributed by atoms with Crippen LogP contribution in [0.5, 0.6) is 0 Å². The minimum atomic E-state index is -3.70. The van der Waals surface area contributed by atoms with E-state index in [1.54, 1.807) is 19.1 Å². The average Bonchev–Trinajstić information content (AvgIpc) is 2.38. The largest absolute Gasteiger partial charge is 0.264 e. The van der Waals surface area contributed by atoms with E-state index < -0.39 is 10.0 Å². The van der Waals surface area contributed by atoms with Crippen molar-refractivity contribution in [1.82, 2.24) is 9.97 Å². The van der Waals surface area contributed by atoms with E-state index in [0.29, 0.717) is 5.56 Å². The lowest BCUT2D eigenvalue weighted by molar-refractivity contribution is 0.584. The molecule has 1 aromatic carbocycles. The third-order valence-corrected chi connectivity index (χ3v) is 4.61. The van der Waals surface area contributed by atoms with Gasteiger partial charge in [-0.2, -0.15) is 0 Å². The van der Waals surface area contributed by atoms with Gasteiger partial charge in [-0.3, -0.25) is 0 Å². The van der Waals surface area contributed by atoms with E-state index in [4.69, 9.17) is 0 Å². The van der Waals surface area contributed by atoms with Crippen LogP contribution in [0.4, 0.5) is 5.95 Å². The van der Waals surface area contributed by atoms with Gasteiger partial charge in [-0.15, -0.1) is 0 Å². The van der Waals surface area contributed by atoms with Crippen molar-refractivity contribution in [3.05, 3.63) is 47.8 Å². The fourth-order valence-electron chi connectivity index (χ4n) is 1.88. The first-order valence-corrected chi connectivity index (χ1v) is 8.09. The summed E-state index contributed by atoms with van der Waals surface area (Å²) in [5, 5.41) is 0. The van der Waals surface area contributed by atoms with Crippen molar-refractivity contribution in [3.8, 4) is 0 Å². The molecule has 0 aliphatic carbocycles. The maximum absolute atomic E-state index is 12.5. The zero-order valence-electron chi connectivity index (χ0n) is 12.6. The Balaban J connectivity index is 2.45. The fraction of sp³-hybridized carbons (Fsp3) is 0.333. The molecule has 1 heterocycles. The van der Waals surface area contributed by atoms with Crippen molar-refractivity contribution >= 4 is 16.0 Å². The summed E-state index contributed by atoms with van der Waals surface area (Å²) in [4.78, 5) is 8.03. The van der Waals surface area contributed by atoms with E-state index in [2.05, 4.69) is 14.7 Å². The van der Waals surface area contributed by atoms with Gasteiger partial charge in [0.2, 0.25) is 5.95 Å². The highest BCUT2D eigenvalue weighted by molar-refractivity contribution is 7.92. The molecule has 5 nitrogen and oxygen atoms in total. The first kappa shape index (κ1) is 15.4. The van der Waals surface area contributed by atoms with Gasteiger partial charge in [-0.05, 0) is 35.6 Å². The van der Waals surface area contributed by atoms with Gasteiger partial charge in [0.15, 0.2) is 0 Å². The molecule has 0 saturated carbocycles. The Morgan fingerprint density at radius 2 is 1.71 bits per heavy atom. The maximum Gasteiger partial charge on any atom is 0.264 e. The Hall–Kier alpha value is -1.95. The molecule has 2 rings (SSSR count). The lowest BCUT2D eigenvalue weighted by Crippen LogP contribution is -2.18. The number of sulfonamides is 1. The van der Waals surface area contributed by atoms with Gasteiger partial charge in [-0.25, -0.2) is 23.1 Å². The molecule has 2 aromatic rings. The molecule has 21 heavy (non-hydrogen) atoms. The molecule has 0 spiro atoms. The van der Waals surface area contributed by atoms with Crippen LogP contribution in [0, 0.1) is 6.92 Å². The summed E-state index contributed by atoms with van der Waals surface area (Å²) in [7, 11) is -3.70. The number of hydrogen-bond acceptors (Lipinski definition) is 4. The Bertz CT molecular complexity index is 735. The van der Waals surface area contributed by atoms with Crippen molar-refractivity contribution in [2.75, 3.05) is 4.72 Å². The third kappa shape index (κ3) is 3.58. The smallest absolute Gasteiger partial charge is 0.247 e. The lowest BCUT2D eigenvalue weighted by atomic mass is 9.87. The number of nitrogens with one attached hydrogen (secondary N) is 1. The molecule has 0 aliphatic rings. The van der Waals surface area contributed by atoms with Crippen LogP contribution in [0.1, 0.15) is 31.9 Å². The van der Waals surface area contributed by atoms with Crippen LogP contribution in [0.15, 0.2) is 41.6 Å². The molecule has 0 aliphatic heterocycles. The minimum absolute atomic E-state index is 0.0676. The van der Waals surface area contributed by atoms with E-state index >= 15 is 0 Å².